The van der Waals surface area contributed by atoms with Crippen molar-refractivity contribution in [1.82, 2.24) is 0 Å². The van der Waals surface area contributed by atoms with Gasteiger partial charge in [0.1, 0.15) is 5.75 Å². The molecular weight excluding hydrogens is 228 g/mol. The summed E-state index contributed by atoms with van der Waals surface area (Å²) in [6.07, 6.45) is 3.90. The zero-order valence-corrected chi connectivity index (χ0v) is 10.9. The van der Waals surface area contributed by atoms with Crippen LogP contribution >= 0.6 is 0 Å². The lowest BCUT2D eigenvalue weighted by Crippen LogP contribution is -2.23. The topological polar surface area (TPSA) is 67.5 Å². The van der Waals surface area contributed by atoms with Gasteiger partial charge in [-0.1, -0.05) is 0 Å². The Labute approximate surface area is 108 Å². The highest BCUT2D eigenvalue weighted by Gasteiger charge is 2.19. The number of aliphatic hydroxyl groups excluding tert-OH is 1. The fourth-order valence-electron chi connectivity index (χ4n) is 2.42. The number of rotatable bonds is 4. The Morgan fingerprint density at radius 1 is 1.33 bits per heavy atom. The van der Waals surface area contributed by atoms with E-state index in [2.05, 4.69) is 5.32 Å². The molecule has 100 valence electrons. The molecule has 0 amide bonds. The molecule has 1 aromatic carbocycles. The minimum Gasteiger partial charge on any atom is -0.497 e. The maximum atomic E-state index is 9.47. The molecule has 0 bridgehead atoms. The SMILES string of the molecule is COc1ccc(N)c(NCC2CCC(O)CC2)c1. The Morgan fingerprint density at radius 3 is 2.72 bits per heavy atom. The maximum Gasteiger partial charge on any atom is 0.121 e. The van der Waals surface area contributed by atoms with Crippen molar-refractivity contribution in [3.05, 3.63) is 18.2 Å². The van der Waals surface area contributed by atoms with Crippen LogP contribution in [0.1, 0.15) is 25.7 Å². The number of benzene rings is 1. The van der Waals surface area contributed by atoms with Crippen LogP contribution in [0.2, 0.25) is 0 Å². The highest BCUT2D eigenvalue weighted by molar-refractivity contribution is 5.68. The van der Waals surface area contributed by atoms with Crippen molar-refractivity contribution < 1.29 is 9.84 Å². The van der Waals surface area contributed by atoms with Gasteiger partial charge in [0.25, 0.3) is 0 Å². The Hall–Kier alpha value is -1.42. The van der Waals surface area contributed by atoms with Gasteiger partial charge in [0, 0.05) is 12.6 Å². The lowest BCUT2D eigenvalue weighted by Gasteiger charge is -2.26. The van der Waals surface area contributed by atoms with Gasteiger partial charge in [-0.25, -0.2) is 0 Å². The number of hydrogen-bond acceptors (Lipinski definition) is 4. The van der Waals surface area contributed by atoms with E-state index in [-0.39, 0.29) is 6.10 Å². The molecule has 0 aliphatic heterocycles. The first-order valence-corrected chi connectivity index (χ1v) is 6.54. The Bertz CT molecular complexity index is 387. The Morgan fingerprint density at radius 2 is 2.06 bits per heavy atom. The summed E-state index contributed by atoms with van der Waals surface area (Å²) >= 11 is 0. The highest BCUT2D eigenvalue weighted by Crippen LogP contribution is 2.27. The molecule has 0 unspecified atom stereocenters. The van der Waals surface area contributed by atoms with E-state index >= 15 is 0 Å². The van der Waals surface area contributed by atoms with Crippen molar-refractivity contribution in [3.63, 3.8) is 0 Å². The molecule has 0 heterocycles. The van der Waals surface area contributed by atoms with Gasteiger partial charge < -0.3 is 20.9 Å². The fraction of sp³-hybridized carbons (Fsp3) is 0.571. The number of ether oxygens (including phenoxy) is 1. The van der Waals surface area contributed by atoms with Crippen molar-refractivity contribution in [1.29, 1.82) is 0 Å². The smallest absolute Gasteiger partial charge is 0.121 e. The van der Waals surface area contributed by atoms with Crippen LogP contribution in [0.25, 0.3) is 0 Å². The van der Waals surface area contributed by atoms with Crippen LogP contribution in [0.5, 0.6) is 5.75 Å². The van der Waals surface area contributed by atoms with Crippen LogP contribution in [0.4, 0.5) is 11.4 Å². The molecule has 2 rings (SSSR count). The van der Waals surface area contributed by atoms with Gasteiger partial charge in [0.2, 0.25) is 0 Å². The molecule has 4 N–H and O–H groups in total. The number of aliphatic hydroxyl groups is 1. The predicted octanol–water partition coefficient (Wildman–Crippen LogP) is 2.24. The first kappa shape index (κ1) is 13.0. The second-order valence-electron chi connectivity index (χ2n) is 5.01. The third-order valence-electron chi connectivity index (χ3n) is 3.66. The monoisotopic (exact) mass is 250 g/mol. The van der Waals surface area contributed by atoms with Gasteiger partial charge in [0.05, 0.1) is 24.6 Å². The summed E-state index contributed by atoms with van der Waals surface area (Å²) in [5.41, 5.74) is 7.60. The van der Waals surface area contributed by atoms with E-state index in [0.717, 1.165) is 49.4 Å². The summed E-state index contributed by atoms with van der Waals surface area (Å²) in [6.45, 7) is 0.907. The average Bonchev–Trinajstić information content (AvgIpc) is 2.40. The summed E-state index contributed by atoms with van der Waals surface area (Å²) in [7, 11) is 1.65. The second-order valence-corrected chi connectivity index (χ2v) is 5.01. The molecule has 4 nitrogen and oxygen atoms in total. The summed E-state index contributed by atoms with van der Waals surface area (Å²) in [4.78, 5) is 0. The molecular formula is C14H22N2O2. The molecule has 4 heteroatoms. The van der Waals surface area contributed by atoms with Gasteiger partial charge in [-0.2, -0.15) is 0 Å². The van der Waals surface area contributed by atoms with E-state index < -0.39 is 0 Å². The van der Waals surface area contributed by atoms with Crippen molar-refractivity contribution in [3.8, 4) is 5.75 Å². The summed E-state index contributed by atoms with van der Waals surface area (Å²) < 4.78 is 5.19. The lowest BCUT2D eigenvalue weighted by atomic mass is 9.87. The number of methoxy groups -OCH3 is 1. The Balaban J connectivity index is 1.89. The van der Waals surface area contributed by atoms with E-state index in [1.54, 1.807) is 7.11 Å². The molecule has 1 aliphatic rings. The van der Waals surface area contributed by atoms with Crippen LogP contribution in [-0.2, 0) is 0 Å². The third-order valence-corrected chi connectivity index (χ3v) is 3.66. The van der Waals surface area contributed by atoms with Crippen molar-refractivity contribution in [2.75, 3.05) is 24.7 Å². The predicted molar refractivity (Wildman–Crippen MR) is 73.9 cm³/mol. The molecule has 0 aromatic heterocycles. The van der Waals surface area contributed by atoms with Crippen LogP contribution in [-0.4, -0.2) is 24.9 Å². The van der Waals surface area contributed by atoms with Gasteiger partial charge in [-0.3, -0.25) is 0 Å². The Kier molecular flexibility index (Phi) is 4.31. The zero-order chi connectivity index (χ0) is 13.0. The summed E-state index contributed by atoms with van der Waals surface area (Å²) in [5.74, 6) is 1.43. The molecule has 0 atom stereocenters. The molecule has 0 saturated heterocycles. The van der Waals surface area contributed by atoms with Crippen LogP contribution in [0.15, 0.2) is 18.2 Å². The van der Waals surface area contributed by atoms with Crippen LogP contribution in [0.3, 0.4) is 0 Å². The quantitative estimate of drug-likeness (QED) is 0.717. The van der Waals surface area contributed by atoms with E-state index in [4.69, 9.17) is 10.5 Å². The third kappa shape index (κ3) is 3.29. The number of nitrogens with two attached hydrogens (primary N) is 1. The van der Waals surface area contributed by atoms with Gasteiger partial charge in [-0.05, 0) is 43.7 Å². The molecule has 0 radical (unpaired) electrons. The van der Waals surface area contributed by atoms with Gasteiger partial charge >= 0.3 is 0 Å². The number of nitrogens with one attached hydrogen (secondary N) is 1. The van der Waals surface area contributed by atoms with E-state index in [1.165, 1.54) is 0 Å². The molecule has 1 aliphatic carbocycles. The zero-order valence-electron chi connectivity index (χ0n) is 10.9. The second kappa shape index (κ2) is 5.96. The van der Waals surface area contributed by atoms with Crippen molar-refractivity contribution >= 4 is 11.4 Å². The first-order valence-electron chi connectivity index (χ1n) is 6.54. The van der Waals surface area contributed by atoms with E-state index in [9.17, 15) is 5.11 Å². The normalized spacial score (nSPS) is 23.7. The number of anilines is 2. The maximum absolute atomic E-state index is 9.47. The highest BCUT2D eigenvalue weighted by atomic mass is 16.5. The van der Waals surface area contributed by atoms with Gasteiger partial charge in [-0.15, -0.1) is 0 Å². The molecule has 0 spiro atoms. The average molecular weight is 250 g/mol. The van der Waals surface area contributed by atoms with Crippen molar-refractivity contribution in [2.24, 2.45) is 5.92 Å². The number of hydrogen-bond donors (Lipinski definition) is 3. The summed E-state index contributed by atoms with van der Waals surface area (Å²) in [6, 6.07) is 5.64. The lowest BCUT2D eigenvalue weighted by molar-refractivity contribution is 0.111. The molecule has 1 fully saturated rings. The minimum atomic E-state index is -0.0943. The number of nitrogen functional groups attached to an aromatic ring is 1. The molecule has 1 saturated carbocycles. The van der Waals surface area contributed by atoms with Crippen LogP contribution in [0, 0.1) is 5.92 Å². The molecule has 1 aromatic rings. The van der Waals surface area contributed by atoms with Crippen LogP contribution < -0.4 is 15.8 Å². The van der Waals surface area contributed by atoms with Gasteiger partial charge in [0.15, 0.2) is 0 Å². The standard InChI is InChI=1S/C14H22N2O2/c1-18-12-6-7-13(15)14(8-12)16-9-10-2-4-11(17)5-3-10/h6-8,10-11,16-17H,2-5,9,15H2,1H3. The van der Waals surface area contributed by atoms with E-state index in [0.29, 0.717) is 5.92 Å². The summed E-state index contributed by atoms with van der Waals surface area (Å²) in [5, 5.41) is 12.9. The fourth-order valence-corrected chi connectivity index (χ4v) is 2.42. The largest absolute Gasteiger partial charge is 0.497 e. The van der Waals surface area contributed by atoms with Crippen molar-refractivity contribution in [2.45, 2.75) is 31.8 Å². The minimum absolute atomic E-state index is 0.0943. The molecule has 18 heavy (non-hydrogen) atoms. The van der Waals surface area contributed by atoms with E-state index in [1.807, 2.05) is 18.2 Å². The first-order chi connectivity index (χ1) is 8.69.